The van der Waals surface area contributed by atoms with Gasteiger partial charge in [-0.3, -0.25) is 0 Å². The van der Waals surface area contributed by atoms with Gasteiger partial charge in [0, 0.05) is 28.2 Å². The lowest BCUT2D eigenvalue weighted by Gasteiger charge is -2.46. The number of unbranched alkanes of at least 4 members (excludes halogenated alkanes) is 1. The zero-order valence-corrected chi connectivity index (χ0v) is 17.5. The van der Waals surface area contributed by atoms with Crippen LogP contribution < -0.4 is 10.6 Å². The van der Waals surface area contributed by atoms with Crippen LogP contribution in [0, 0.1) is 0 Å². The van der Waals surface area contributed by atoms with Crippen molar-refractivity contribution >= 4 is 17.3 Å². The summed E-state index contributed by atoms with van der Waals surface area (Å²) in [5.41, 5.74) is 1.24. The van der Waals surface area contributed by atoms with Gasteiger partial charge in [0.15, 0.2) is 0 Å². The first-order valence-corrected chi connectivity index (χ1v) is 10.6. The monoisotopic (exact) mass is 372 g/mol. The number of nitrogens with zero attached hydrogens (tertiary/aromatic N) is 2. The third-order valence-electron chi connectivity index (χ3n) is 4.87. The molecule has 2 N–H and O–H groups in total. The molecule has 4 nitrogen and oxygen atoms in total. The molecule has 0 unspecified atom stereocenters. The second kappa shape index (κ2) is 7.65. The zero-order valence-electron chi connectivity index (χ0n) is 16.7. The Morgan fingerprint density at radius 3 is 2.58 bits per heavy atom. The minimum absolute atomic E-state index is 0.110. The number of aromatic nitrogens is 2. The number of rotatable bonds is 6. The summed E-state index contributed by atoms with van der Waals surface area (Å²) < 4.78 is 0. The zero-order chi connectivity index (χ0) is 18.8. The van der Waals surface area contributed by atoms with Crippen molar-refractivity contribution in [1.82, 2.24) is 15.3 Å². The highest BCUT2D eigenvalue weighted by Gasteiger charge is 2.37. The molecule has 3 heterocycles. The van der Waals surface area contributed by atoms with Crippen LogP contribution in [0.3, 0.4) is 0 Å². The van der Waals surface area contributed by atoms with Gasteiger partial charge in [-0.25, -0.2) is 9.97 Å². The lowest BCUT2D eigenvalue weighted by molar-refractivity contribution is 0.170. The van der Waals surface area contributed by atoms with E-state index in [0.29, 0.717) is 6.04 Å². The van der Waals surface area contributed by atoms with E-state index in [-0.39, 0.29) is 11.1 Å². The van der Waals surface area contributed by atoms with Crippen molar-refractivity contribution in [3.63, 3.8) is 0 Å². The molecule has 1 aliphatic rings. The van der Waals surface area contributed by atoms with E-state index in [0.717, 1.165) is 30.9 Å². The molecule has 0 aromatic carbocycles. The third kappa shape index (κ3) is 5.04. The molecule has 0 radical (unpaired) electrons. The summed E-state index contributed by atoms with van der Waals surface area (Å²) in [6, 6.07) is 6.82. The molecule has 3 rings (SSSR count). The van der Waals surface area contributed by atoms with Gasteiger partial charge in [-0.05, 0) is 71.6 Å². The minimum atomic E-state index is 0.110. The van der Waals surface area contributed by atoms with Gasteiger partial charge in [0.1, 0.15) is 0 Å². The molecule has 0 bridgehead atoms. The summed E-state index contributed by atoms with van der Waals surface area (Å²) in [5.74, 6) is 0.740. The minimum Gasteiger partial charge on any atom is -0.351 e. The van der Waals surface area contributed by atoms with Crippen LogP contribution in [-0.2, 0) is 6.42 Å². The van der Waals surface area contributed by atoms with Crippen LogP contribution in [0.1, 0.15) is 65.2 Å². The van der Waals surface area contributed by atoms with Crippen LogP contribution in [0.5, 0.6) is 0 Å². The average molecular weight is 373 g/mol. The first kappa shape index (κ1) is 19.3. The Hall–Kier alpha value is -1.46. The summed E-state index contributed by atoms with van der Waals surface area (Å²) in [4.78, 5) is 11.9. The number of anilines is 1. The predicted octanol–water partition coefficient (Wildman–Crippen LogP) is 5.27. The molecule has 1 saturated heterocycles. The van der Waals surface area contributed by atoms with Crippen LogP contribution in [0.4, 0.5) is 5.95 Å². The largest absolute Gasteiger partial charge is 0.351 e. The summed E-state index contributed by atoms with van der Waals surface area (Å²) in [7, 11) is 0. The van der Waals surface area contributed by atoms with Crippen molar-refractivity contribution in [3.05, 3.63) is 29.3 Å². The van der Waals surface area contributed by atoms with Gasteiger partial charge < -0.3 is 10.6 Å². The molecular formula is C21H32N4S. The molecule has 5 heteroatoms. The van der Waals surface area contributed by atoms with E-state index in [2.05, 4.69) is 62.4 Å². The maximum absolute atomic E-state index is 4.79. The fourth-order valence-corrected chi connectivity index (χ4v) is 5.19. The van der Waals surface area contributed by atoms with E-state index in [1.165, 1.54) is 22.6 Å². The Balaban J connectivity index is 1.72. The normalized spacial score (nSPS) is 19.4. The molecule has 26 heavy (non-hydrogen) atoms. The molecule has 142 valence electrons. The van der Waals surface area contributed by atoms with Crippen molar-refractivity contribution in [2.45, 2.75) is 83.8 Å². The molecule has 2 aromatic heterocycles. The Labute approximate surface area is 161 Å². The van der Waals surface area contributed by atoms with Gasteiger partial charge in [0.2, 0.25) is 5.95 Å². The molecule has 2 aromatic rings. The summed E-state index contributed by atoms with van der Waals surface area (Å²) in [6.07, 6.45) is 7.63. The molecule has 0 atom stereocenters. The quantitative estimate of drug-likeness (QED) is 0.725. The highest BCUT2D eigenvalue weighted by molar-refractivity contribution is 7.15. The van der Waals surface area contributed by atoms with E-state index in [9.17, 15) is 0 Å². The molecule has 0 amide bonds. The standard InChI is InChI=1S/C21H32N4S/c1-6-7-8-16-9-10-18(26-16)17-11-12-22-19(24-17)23-15-13-20(2,3)25-21(4,5)14-15/h9-12,15,25H,6-8,13-14H2,1-5H3,(H,22,23,24). The van der Waals surface area contributed by atoms with Crippen LogP contribution in [0.15, 0.2) is 24.4 Å². The van der Waals surface area contributed by atoms with Crippen molar-refractivity contribution in [3.8, 4) is 10.6 Å². The second-order valence-electron chi connectivity index (χ2n) is 8.78. The molecule has 0 aliphatic carbocycles. The van der Waals surface area contributed by atoms with Gasteiger partial charge in [0.25, 0.3) is 0 Å². The Bertz CT molecular complexity index is 719. The fraction of sp³-hybridized carbons (Fsp3) is 0.619. The van der Waals surface area contributed by atoms with Crippen molar-refractivity contribution in [1.29, 1.82) is 0 Å². The topological polar surface area (TPSA) is 49.8 Å². The van der Waals surface area contributed by atoms with Crippen molar-refractivity contribution < 1.29 is 0 Å². The number of nitrogens with one attached hydrogen (secondary N) is 2. The van der Waals surface area contributed by atoms with Crippen LogP contribution in [-0.4, -0.2) is 27.1 Å². The Morgan fingerprint density at radius 1 is 1.15 bits per heavy atom. The first-order valence-electron chi connectivity index (χ1n) is 9.74. The van der Waals surface area contributed by atoms with Gasteiger partial charge >= 0.3 is 0 Å². The third-order valence-corrected chi connectivity index (χ3v) is 6.04. The predicted molar refractivity (Wildman–Crippen MR) is 112 cm³/mol. The van der Waals surface area contributed by atoms with Gasteiger partial charge in [0.05, 0.1) is 10.6 Å². The highest BCUT2D eigenvalue weighted by atomic mass is 32.1. The number of hydrogen-bond donors (Lipinski definition) is 2. The maximum atomic E-state index is 4.79. The summed E-state index contributed by atoms with van der Waals surface area (Å²) in [6.45, 7) is 11.3. The molecular weight excluding hydrogens is 340 g/mol. The Morgan fingerprint density at radius 2 is 1.88 bits per heavy atom. The summed E-state index contributed by atoms with van der Waals surface area (Å²) in [5, 5.41) is 7.31. The fourth-order valence-electron chi connectivity index (χ4n) is 4.17. The molecule has 1 aliphatic heterocycles. The first-order chi connectivity index (χ1) is 12.3. The van der Waals surface area contributed by atoms with E-state index < -0.39 is 0 Å². The highest BCUT2D eigenvalue weighted by Crippen LogP contribution is 2.31. The van der Waals surface area contributed by atoms with Gasteiger partial charge in [-0.15, -0.1) is 11.3 Å². The smallest absolute Gasteiger partial charge is 0.223 e. The molecule has 0 spiro atoms. The van der Waals surface area contributed by atoms with E-state index in [1.54, 1.807) is 0 Å². The van der Waals surface area contributed by atoms with Crippen molar-refractivity contribution in [2.24, 2.45) is 0 Å². The second-order valence-corrected chi connectivity index (χ2v) is 9.95. The SMILES string of the molecule is CCCCc1ccc(-c2ccnc(NC3CC(C)(C)NC(C)(C)C3)n2)s1. The molecule has 1 fully saturated rings. The Kier molecular flexibility index (Phi) is 5.68. The van der Waals surface area contributed by atoms with Crippen LogP contribution >= 0.6 is 11.3 Å². The molecule has 0 saturated carbocycles. The maximum Gasteiger partial charge on any atom is 0.223 e. The van der Waals surface area contributed by atoms with E-state index in [4.69, 9.17) is 4.98 Å². The lowest BCUT2D eigenvalue weighted by atomic mass is 9.80. The summed E-state index contributed by atoms with van der Waals surface area (Å²) >= 11 is 1.85. The number of thiophene rings is 1. The lowest BCUT2D eigenvalue weighted by Crippen LogP contribution is -2.60. The number of hydrogen-bond acceptors (Lipinski definition) is 5. The van der Waals surface area contributed by atoms with Crippen molar-refractivity contribution in [2.75, 3.05) is 5.32 Å². The van der Waals surface area contributed by atoms with Gasteiger partial charge in [-0.1, -0.05) is 13.3 Å². The number of aryl methyl sites for hydroxylation is 1. The van der Waals surface area contributed by atoms with Gasteiger partial charge in [-0.2, -0.15) is 0 Å². The van der Waals surface area contributed by atoms with E-state index in [1.807, 2.05) is 23.6 Å². The number of piperidine rings is 1. The van der Waals surface area contributed by atoms with Crippen LogP contribution in [0.25, 0.3) is 10.6 Å². The average Bonchev–Trinajstić information content (AvgIpc) is 2.99. The van der Waals surface area contributed by atoms with Crippen LogP contribution in [0.2, 0.25) is 0 Å². The van der Waals surface area contributed by atoms with E-state index >= 15 is 0 Å².